The maximum absolute atomic E-state index is 12.6. The Labute approximate surface area is 107 Å². The average molecular weight is 264 g/mol. The molecule has 0 saturated heterocycles. The van der Waals surface area contributed by atoms with E-state index in [1.807, 2.05) is 0 Å². The van der Waals surface area contributed by atoms with Gasteiger partial charge in [-0.2, -0.15) is 13.2 Å². The van der Waals surface area contributed by atoms with Gasteiger partial charge in [-0.15, -0.1) is 0 Å². The molecule has 106 valence electrons. The summed E-state index contributed by atoms with van der Waals surface area (Å²) in [6.45, 7) is 2.09. The molecule has 0 heterocycles. The number of carbonyl (C=O) groups is 1. The maximum atomic E-state index is 12.6. The van der Waals surface area contributed by atoms with E-state index in [0.29, 0.717) is 19.3 Å². The number of unbranched alkanes of at least 4 members (excludes halogenated alkanes) is 3. The number of halogens is 3. The number of Topliss-reactive ketones (excluding diaryl/α,β-unsaturated/α-hetero) is 1. The normalized spacial score (nSPS) is 25.1. The van der Waals surface area contributed by atoms with E-state index in [2.05, 4.69) is 6.92 Å². The van der Waals surface area contributed by atoms with Crippen molar-refractivity contribution in [3.05, 3.63) is 0 Å². The molecule has 0 bridgehead atoms. The molecule has 1 saturated carbocycles. The molecule has 0 aromatic heterocycles. The van der Waals surface area contributed by atoms with Crippen LogP contribution in [0.15, 0.2) is 0 Å². The molecule has 0 radical (unpaired) electrons. The zero-order valence-electron chi connectivity index (χ0n) is 11.1. The zero-order valence-corrected chi connectivity index (χ0v) is 11.1. The predicted molar refractivity (Wildman–Crippen MR) is 65.3 cm³/mol. The fourth-order valence-corrected chi connectivity index (χ4v) is 2.71. The van der Waals surface area contributed by atoms with Crippen molar-refractivity contribution in [3.63, 3.8) is 0 Å². The number of rotatable bonds is 6. The zero-order chi connectivity index (χ0) is 13.6. The Morgan fingerprint density at radius 2 is 1.89 bits per heavy atom. The summed E-state index contributed by atoms with van der Waals surface area (Å²) < 4.78 is 37.9. The molecule has 0 spiro atoms. The molecule has 0 aromatic carbocycles. The highest BCUT2D eigenvalue weighted by molar-refractivity contribution is 5.81. The highest BCUT2D eigenvalue weighted by Crippen LogP contribution is 2.40. The molecule has 2 unspecified atom stereocenters. The van der Waals surface area contributed by atoms with Gasteiger partial charge in [0.2, 0.25) is 0 Å². The first-order valence-electron chi connectivity index (χ1n) is 7.04. The summed E-state index contributed by atoms with van der Waals surface area (Å²) >= 11 is 0. The highest BCUT2D eigenvalue weighted by Gasteiger charge is 2.43. The Morgan fingerprint density at radius 1 is 1.17 bits per heavy atom. The SMILES string of the molecule is CCCCCCC(=O)C1CCCC(C(F)(F)F)C1. The molecule has 0 amide bonds. The van der Waals surface area contributed by atoms with Gasteiger partial charge >= 0.3 is 6.18 Å². The van der Waals surface area contributed by atoms with Crippen LogP contribution in [0.4, 0.5) is 13.2 Å². The summed E-state index contributed by atoms with van der Waals surface area (Å²) in [5.74, 6) is -1.54. The molecule has 18 heavy (non-hydrogen) atoms. The molecule has 1 rings (SSSR count). The van der Waals surface area contributed by atoms with E-state index in [4.69, 9.17) is 0 Å². The van der Waals surface area contributed by atoms with Crippen molar-refractivity contribution >= 4 is 5.78 Å². The molecular formula is C14H23F3O. The Hall–Kier alpha value is -0.540. The molecular weight excluding hydrogens is 241 g/mol. The largest absolute Gasteiger partial charge is 0.391 e. The summed E-state index contributed by atoms with van der Waals surface area (Å²) in [5.41, 5.74) is 0. The second-order valence-corrected chi connectivity index (χ2v) is 5.38. The number of carbonyl (C=O) groups excluding carboxylic acids is 1. The van der Waals surface area contributed by atoms with E-state index in [9.17, 15) is 18.0 Å². The molecule has 1 nitrogen and oxygen atoms in total. The quantitative estimate of drug-likeness (QED) is 0.624. The van der Waals surface area contributed by atoms with E-state index < -0.39 is 12.1 Å². The molecule has 0 aromatic rings. The number of ketones is 1. The van der Waals surface area contributed by atoms with E-state index in [0.717, 1.165) is 25.7 Å². The third-order valence-corrected chi connectivity index (χ3v) is 3.87. The van der Waals surface area contributed by atoms with E-state index in [1.165, 1.54) is 0 Å². The van der Waals surface area contributed by atoms with Crippen molar-refractivity contribution in [3.8, 4) is 0 Å². The van der Waals surface area contributed by atoms with Crippen LogP contribution >= 0.6 is 0 Å². The lowest BCUT2D eigenvalue weighted by atomic mass is 9.78. The standard InChI is InChI=1S/C14H23F3O/c1-2-3-4-5-9-13(18)11-7-6-8-12(10-11)14(15,16)17/h11-12H,2-10H2,1H3. The van der Waals surface area contributed by atoms with Crippen LogP contribution in [0, 0.1) is 11.8 Å². The second-order valence-electron chi connectivity index (χ2n) is 5.38. The lowest BCUT2D eigenvalue weighted by Gasteiger charge is -2.29. The highest BCUT2D eigenvalue weighted by atomic mass is 19.4. The van der Waals surface area contributed by atoms with Gasteiger partial charge in [0.05, 0.1) is 5.92 Å². The van der Waals surface area contributed by atoms with Crippen LogP contribution in [0.1, 0.15) is 64.7 Å². The summed E-state index contributed by atoms with van der Waals surface area (Å²) in [6.07, 6.45) is 1.80. The van der Waals surface area contributed by atoms with Crippen LogP contribution in [-0.4, -0.2) is 12.0 Å². The van der Waals surface area contributed by atoms with Crippen LogP contribution in [0.2, 0.25) is 0 Å². The van der Waals surface area contributed by atoms with Gasteiger partial charge in [-0.25, -0.2) is 0 Å². The third-order valence-electron chi connectivity index (χ3n) is 3.87. The smallest absolute Gasteiger partial charge is 0.299 e. The van der Waals surface area contributed by atoms with Gasteiger partial charge < -0.3 is 0 Å². The van der Waals surface area contributed by atoms with Gasteiger partial charge in [-0.3, -0.25) is 4.79 Å². The molecule has 1 aliphatic carbocycles. The molecule has 2 atom stereocenters. The van der Waals surface area contributed by atoms with Crippen LogP contribution in [0.3, 0.4) is 0 Å². The van der Waals surface area contributed by atoms with Gasteiger partial charge in [0.15, 0.2) is 0 Å². The van der Waals surface area contributed by atoms with E-state index >= 15 is 0 Å². The fraction of sp³-hybridized carbons (Fsp3) is 0.929. The van der Waals surface area contributed by atoms with Crippen molar-refractivity contribution < 1.29 is 18.0 Å². The predicted octanol–water partition coefficient (Wildman–Crippen LogP) is 4.89. The Kier molecular flexibility index (Phi) is 6.16. The lowest BCUT2D eigenvalue weighted by molar-refractivity contribution is -0.186. The summed E-state index contributed by atoms with van der Waals surface area (Å²) in [6, 6.07) is 0. The van der Waals surface area contributed by atoms with E-state index in [1.54, 1.807) is 0 Å². The van der Waals surface area contributed by atoms with Crippen molar-refractivity contribution in [2.45, 2.75) is 70.9 Å². The van der Waals surface area contributed by atoms with Crippen LogP contribution in [0.5, 0.6) is 0 Å². The number of hydrogen-bond acceptors (Lipinski definition) is 1. The first-order valence-corrected chi connectivity index (χ1v) is 7.04. The molecule has 0 N–H and O–H groups in total. The minimum atomic E-state index is -4.12. The Bertz CT molecular complexity index is 260. The third kappa shape index (κ3) is 4.99. The van der Waals surface area contributed by atoms with Gasteiger partial charge in [0, 0.05) is 12.3 Å². The fourth-order valence-electron chi connectivity index (χ4n) is 2.71. The minimum Gasteiger partial charge on any atom is -0.299 e. The topological polar surface area (TPSA) is 17.1 Å². The van der Waals surface area contributed by atoms with Crippen molar-refractivity contribution in [1.29, 1.82) is 0 Å². The first-order chi connectivity index (χ1) is 8.45. The average Bonchev–Trinajstić information content (AvgIpc) is 2.33. The summed E-state index contributed by atoms with van der Waals surface area (Å²) in [7, 11) is 0. The van der Waals surface area contributed by atoms with Crippen molar-refractivity contribution in [1.82, 2.24) is 0 Å². The number of hydrogen-bond donors (Lipinski definition) is 0. The van der Waals surface area contributed by atoms with Crippen LogP contribution in [0.25, 0.3) is 0 Å². The van der Waals surface area contributed by atoms with Crippen LogP contribution < -0.4 is 0 Å². The molecule has 1 fully saturated rings. The molecule has 1 aliphatic rings. The maximum Gasteiger partial charge on any atom is 0.391 e. The van der Waals surface area contributed by atoms with Gasteiger partial charge in [0.1, 0.15) is 5.78 Å². The molecule has 0 aliphatic heterocycles. The Morgan fingerprint density at radius 3 is 2.50 bits per heavy atom. The number of alkyl halides is 3. The monoisotopic (exact) mass is 264 g/mol. The Balaban J connectivity index is 2.34. The minimum absolute atomic E-state index is 0.0239. The van der Waals surface area contributed by atoms with Gasteiger partial charge in [-0.1, -0.05) is 32.6 Å². The second kappa shape index (κ2) is 7.15. The lowest BCUT2D eigenvalue weighted by Crippen LogP contribution is -2.31. The van der Waals surface area contributed by atoms with Crippen LogP contribution in [-0.2, 0) is 4.79 Å². The van der Waals surface area contributed by atoms with Crippen molar-refractivity contribution in [2.24, 2.45) is 11.8 Å². The molecule has 4 heteroatoms. The van der Waals surface area contributed by atoms with Gasteiger partial charge in [-0.05, 0) is 25.7 Å². The summed E-state index contributed by atoms with van der Waals surface area (Å²) in [5, 5.41) is 0. The van der Waals surface area contributed by atoms with Gasteiger partial charge in [0.25, 0.3) is 0 Å². The first kappa shape index (κ1) is 15.5. The summed E-state index contributed by atoms with van der Waals surface area (Å²) in [4.78, 5) is 11.9. The van der Waals surface area contributed by atoms with E-state index in [-0.39, 0.29) is 24.5 Å². The van der Waals surface area contributed by atoms with Crippen molar-refractivity contribution in [2.75, 3.05) is 0 Å².